The van der Waals surface area contributed by atoms with Gasteiger partial charge in [0.05, 0.1) is 5.88 Å². The Bertz CT molecular complexity index is 542. The van der Waals surface area contributed by atoms with Crippen LogP contribution in [0.1, 0.15) is 39.3 Å². The molecule has 1 aliphatic heterocycles. The molecule has 0 N–H and O–H groups in total. The summed E-state index contributed by atoms with van der Waals surface area (Å²) in [6.07, 6.45) is 3.52. The first-order valence-electron chi connectivity index (χ1n) is 6.61. The Morgan fingerprint density at radius 2 is 2.11 bits per heavy atom. The smallest absolute Gasteiger partial charge is 0.245 e. The van der Waals surface area contributed by atoms with Gasteiger partial charge in [-0.2, -0.15) is 4.31 Å². The molecule has 0 aromatic carbocycles. The number of hydrogen-bond donors (Lipinski definition) is 0. The molecule has 0 saturated carbocycles. The quantitative estimate of drug-likeness (QED) is 0.803. The van der Waals surface area contributed by atoms with Crippen LogP contribution in [-0.2, 0) is 22.4 Å². The van der Waals surface area contributed by atoms with Gasteiger partial charge >= 0.3 is 0 Å². The summed E-state index contributed by atoms with van der Waals surface area (Å²) in [6, 6.07) is 1.69. The topological polar surface area (TPSA) is 42.3 Å². The lowest BCUT2D eigenvalue weighted by atomic mass is 10.0. The Hall–Kier alpha value is -0.520. The lowest BCUT2D eigenvalue weighted by Crippen LogP contribution is -2.42. The van der Waals surface area contributed by atoms with Crippen molar-refractivity contribution in [2.24, 2.45) is 0 Å². The third-order valence-electron chi connectivity index (χ3n) is 3.85. The molecule has 19 heavy (non-hydrogen) atoms. The van der Waals surface area contributed by atoms with E-state index in [-0.39, 0.29) is 5.54 Å². The van der Waals surface area contributed by atoms with Crippen LogP contribution in [0.25, 0.3) is 0 Å². The number of nitrogens with zero attached hydrogens (tertiary/aromatic N) is 2. The number of alkyl halides is 1. The molecule has 0 amide bonds. The number of aromatic nitrogens is 1. The van der Waals surface area contributed by atoms with Crippen LogP contribution in [0.2, 0.25) is 0 Å². The summed E-state index contributed by atoms with van der Waals surface area (Å²) in [5.41, 5.74) is 0.550. The number of halogens is 1. The van der Waals surface area contributed by atoms with Crippen LogP contribution in [0.3, 0.4) is 0 Å². The van der Waals surface area contributed by atoms with Gasteiger partial charge in [0.25, 0.3) is 0 Å². The molecule has 108 valence electrons. The van der Waals surface area contributed by atoms with E-state index in [1.165, 1.54) is 0 Å². The van der Waals surface area contributed by atoms with Gasteiger partial charge in [-0.3, -0.25) is 0 Å². The van der Waals surface area contributed by atoms with Crippen molar-refractivity contribution < 1.29 is 8.42 Å². The highest BCUT2D eigenvalue weighted by atomic mass is 35.5. The van der Waals surface area contributed by atoms with Gasteiger partial charge < -0.3 is 4.57 Å². The van der Waals surface area contributed by atoms with E-state index in [0.29, 0.717) is 17.3 Å². The zero-order chi connectivity index (χ0) is 14.3. The fourth-order valence-electron chi connectivity index (χ4n) is 2.73. The molecule has 1 fully saturated rings. The summed E-state index contributed by atoms with van der Waals surface area (Å²) >= 11 is 5.86. The number of aryl methyl sites for hydroxylation is 1. The summed E-state index contributed by atoms with van der Waals surface area (Å²) in [5, 5.41) is 0. The van der Waals surface area contributed by atoms with Crippen molar-refractivity contribution in [2.75, 3.05) is 6.54 Å². The minimum atomic E-state index is -3.41. The molecule has 1 aliphatic rings. The molecule has 2 rings (SSSR count). The van der Waals surface area contributed by atoms with Crippen molar-refractivity contribution in [2.45, 2.75) is 56.5 Å². The summed E-state index contributed by atoms with van der Waals surface area (Å²) in [6.45, 7) is 7.27. The van der Waals surface area contributed by atoms with Gasteiger partial charge in [0.2, 0.25) is 10.0 Å². The fraction of sp³-hybridized carbons (Fsp3) is 0.692. The van der Waals surface area contributed by atoms with Gasteiger partial charge in [0.1, 0.15) is 4.90 Å². The van der Waals surface area contributed by atoms with Crippen molar-refractivity contribution in [1.82, 2.24) is 8.87 Å². The molecular formula is C13H21ClN2O2S. The molecule has 0 unspecified atom stereocenters. The van der Waals surface area contributed by atoms with E-state index in [2.05, 4.69) is 0 Å². The monoisotopic (exact) mass is 304 g/mol. The summed E-state index contributed by atoms with van der Waals surface area (Å²) in [4.78, 5) is 0.361. The molecule has 1 saturated heterocycles. The number of hydrogen-bond acceptors (Lipinski definition) is 2. The lowest BCUT2D eigenvalue weighted by molar-refractivity contribution is 0.291. The van der Waals surface area contributed by atoms with Gasteiger partial charge in [-0.15, -0.1) is 11.6 Å². The predicted octanol–water partition coefficient (Wildman–Crippen LogP) is 2.81. The average Bonchev–Trinajstić information content (AvgIpc) is 2.91. The van der Waals surface area contributed by atoms with E-state index < -0.39 is 10.0 Å². The van der Waals surface area contributed by atoms with Crippen molar-refractivity contribution >= 4 is 21.6 Å². The molecule has 1 aromatic rings. The average molecular weight is 305 g/mol. The summed E-state index contributed by atoms with van der Waals surface area (Å²) < 4.78 is 28.9. The van der Waals surface area contributed by atoms with Gasteiger partial charge in [-0.05, 0) is 39.7 Å². The minimum Gasteiger partial charge on any atom is -0.349 e. The third-order valence-corrected chi connectivity index (χ3v) is 6.20. The molecule has 1 aromatic heterocycles. The highest BCUT2D eigenvalue weighted by Crippen LogP contribution is 2.34. The standard InChI is InChI=1S/C13H21ClN2O2S/c1-4-15-10-12(8-11(15)9-14)19(17,18)16-7-5-6-13(16,2)3/h8,10H,4-7,9H2,1-3H3. The largest absolute Gasteiger partial charge is 0.349 e. The van der Waals surface area contributed by atoms with E-state index in [1.54, 1.807) is 16.6 Å². The maximum atomic E-state index is 12.7. The van der Waals surface area contributed by atoms with Gasteiger partial charge in [0.15, 0.2) is 0 Å². The van der Waals surface area contributed by atoms with E-state index in [4.69, 9.17) is 11.6 Å². The van der Waals surface area contributed by atoms with Gasteiger partial charge in [-0.25, -0.2) is 8.42 Å². The molecule has 0 aliphatic carbocycles. The lowest BCUT2D eigenvalue weighted by Gasteiger charge is -2.30. The van der Waals surface area contributed by atoms with E-state index in [0.717, 1.165) is 25.1 Å². The van der Waals surface area contributed by atoms with Crippen LogP contribution >= 0.6 is 11.6 Å². The van der Waals surface area contributed by atoms with E-state index >= 15 is 0 Å². The normalized spacial score (nSPS) is 20.0. The Morgan fingerprint density at radius 1 is 1.42 bits per heavy atom. The zero-order valence-electron chi connectivity index (χ0n) is 11.7. The van der Waals surface area contributed by atoms with Crippen LogP contribution in [0.15, 0.2) is 17.2 Å². The van der Waals surface area contributed by atoms with Crippen molar-refractivity contribution in [3.63, 3.8) is 0 Å². The molecular weight excluding hydrogens is 284 g/mol. The molecule has 0 radical (unpaired) electrons. The Kier molecular flexibility index (Phi) is 4.00. The van der Waals surface area contributed by atoms with Crippen molar-refractivity contribution in [3.05, 3.63) is 18.0 Å². The zero-order valence-corrected chi connectivity index (χ0v) is 13.3. The maximum Gasteiger partial charge on any atom is 0.245 e. The van der Waals surface area contributed by atoms with Crippen molar-refractivity contribution in [3.8, 4) is 0 Å². The second-order valence-corrected chi connectivity index (χ2v) is 7.71. The molecule has 6 heteroatoms. The first-order chi connectivity index (χ1) is 8.82. The Morgan fingerprint density at radius 3 is 2.53 bits per heavy atom. The molecule has 2 heterocycles. The Balaban J connectivity index is 2.42. The van der Waals surface area contributed by atoms with Crippen LogP contribution in [0.4, 0.5) is 0 Å². The second kappa shape index (κ2) is 5.11. The number of sulfonamides is 1. The van der Waals surface area contributed by atoms with Crippen LogP contribution in [0, 0.1) is 0 Å². The highest BCUT2D eigenvalue weighted by Gasteiger charge is 2.41. The maximum absolute atomic E-state index is 12.7. The SMILES string of the molecule is CCn1cc(S(=O)(=O)N2CCCC2(C)C)cc1CCl. The molecule has 0 atom stereocenters. The van der Waals surface area contributed by atoms with E-state index in [1.807, 2.05) is 25.3 Å². The van der Waals surface area contributed by atoms with Crippen LogP contribution in [0.5, 0.6) is 0 Å². The number of rotatable bonds is 4. The Labute approximate surface area is 120 Å². The fourth-order valence-corrected chi connectivity index (χ4v) is 4.87. The predicted molar refractivity (Wildman–Crippen MR) is 76.9 cm³/mol. The molecule has 0 bridgehead atoms. The highest BCUT2D eigenvalue weighted by molar-refractivity contribution is 7.89. The van der Waals surface area contributed by atoms with Gasteiger partial charge in [0, 0.05) is 30.5 Å². The molecule has 4 nitrogen and oxygen atoms in total. The second-order valence-electron chi connectivity index (χ2n) is 5.58. The first-order valence-corrected chi connectivity index (χ1v) is 8.58. The van der Waals surface area contributed by atoms with Crippen LogP contribution < -0.4 is 0 Å². The summed E-state index contributed by atoms with van der Waals surface area (Å²) in [5.74, 6) is 0.326. The molecule has 0 spiro atoms. The van der Waals surface area contributed by atoms with Gasteiger partial charge in [-0.1, -0.05) is 0 Å². The summed E-state index contributed by atoms with van der Waals surface area (Å²) in [7, 11) is -3.41. The van der Waals surface area contributed by atoms with Crippen LogP contribution in [-0.4, -0.2) is 29.4 Å². The van der Waals surface area contributed by atoms with Crippen molar-refractivity contribution in [1.29, 1.82) is 0 Å². The minimum absolute atomic E-state index is 0.297. The first kappa shape index (κ1) is 14.9. The van der Waals surface area contributed by atoms with E-state index in [9.17, 15) is 8.42 Å². The third kappa shape index (κ3) is 2.56.